The predicted molar refractivity (Wildman–Crippen MR) is 115 cm³/mol. The summed E-state index contributed by atoms with van der Waals surface area (Å²) in [6, 6.07) is 1.93. The lowest BCUT2D eigenvalue weighted by atomic mass is 9.57. The van der Waals surface area contributed by atoms with E-state index in [4.69, 9.17) is 10.5 Å². The number of benzene rings is 1. The van der Waals surface area contributed by atoms with Gasteiger partial charge in [-0.05, 0) is 50.0 Å². The monoisotopic (exact) mass is 458 g/mol. The maximum absolute atomic E-state index is 13.7. The Morgan fingerprint density at radius 3 is 2.48 bits per heavy atom. The van der Waals surface area contributed by atoms with Crippen LogP contribution in [-0.4, -0.2) is 75.6 Å². The SMILES string of the molecule is COCc1ccc(O)c2c1C[C@@H]1C[C@@H]3C(N(C)C)C(=O)C(C(N)=O)=C(O)[C@]3(O)C(=O)C1=C2O. The minimum atomic E-state index is -2.63. The van der Waals surface area contributed by atoms with Crippen molar-refractivity contribution < 1.29 is 39.5 Å². The number of hydrogen-bond acceptors (Lipinski definition) is 9. The standard InChI is InChI=1S/C23H26N2O8/c1-25(2)17-12-7-10-6-11-9(8-33-3)4-5-13(26)15(11)18(27)14(10)20(29)23(12,32)21(30)16(19(17)28)22(24)31/h4-5,10,12,17,26-27,30,32H,6-8H2,1-3H3,(H2,24,31)/t10-,12-,17?,23-/m1/s1. The second kappa shape index (κ2) is 7.68. The first-order valence-corrected chi connectivity index (χ1v) is 10.4. The van der Waals surface area contributed by atoms with E-state index >= 15 is 0 Å². The number of rotatable bonds is 4. The van der Waals surface area contributed by atoms with E-state index in [1.54, 1.807) is 20.2 Å². The van der Waals surface area contributed by atoms with E-state index in [1.165, 1.54) is 18.1 Å². The Labute approximate surface area is 189 Å². The number of primary amides is 1. The fraction of sp³-hybridized carbons (Fsp3) is 0.435. The zero-order valence-electron chi connectivity index (χ0n) is 18.5. The Kier molecular flexibility index (Phi) is 5.35. The molecule has 10 nitrogen and oxygen atoms in total. The summed E-state index contributed by atoms with van der Waals surface area (Å²) in [7, 11) is 4.62. The van der Waals surface area contributed by atoms with Crippen molar-refractivity contribution in [3.63, 3.8) is 0 Å². The molecule has 1 saturated carbocycles. The lowest BCUT2D eigenvalue weighted by molar-refractivity contribution is -0.153. The maximum Gasteiger partial charge on any atom is 0.255 e. The van der Waals surface area contributed by atoms with Crippen molar-refractivity contribution in [2.24, 2.45) is 17.6 Å². The van der Waals surface area contributed by atoms with E-state index < -0.39 is 58.0 Å². The van der Waals surface area contributed by atoms with Crippen LogP contribution in [0.25, 0.3) is 5.76 Å². The Bertz CT molecular complexity index is 1150. The van der Waals surface area contributed by atoms with Gasteiger partial charge in [0.25, 0.3) is 5.91 Å². The summed E-state index contributed by atoms with van der Waals surface area (Å²) in [6.07, 6.45) is 0.287. The summed E-state index contributed by atoms with van der Waals surface area (Å²) in [5.74, 6) is -6.64. The number of methoxy groups -OCH3 is 1. The number of phenols is 1. The molecule has 0 aliphatic heterocycles. The molecule has 0 spiro atoms. The highest BCUT2D eigenvalue weighted by atomic mass is 16.5. The Balaban J connectivity index is 1.97. The van der Waals surface area contributed by atoms with Crippen LogP contribution in [0.15, 0.2) is 29.0 Å². The average Bonchev–Trinajstić information content (AvgIpc) is 2.72. The van der Waals surface area contributed by atoms with Crippen LogP contribution in [0.5, 0.6) is 5.75 Å². The molecule has 4 rings (SSSR count). The third-order valence-corrected chi connectivity index (χ3v) is 7.00. The second-order valence-electron chi connectivity index (χ2n) is 8.99. The highest BCUT2D eigenvalue weighted by molar-refractivity contribution is 6.24. The van der Waals surface area contributed by atoms with Crippen molar-refractivity contribution in [2.45, 2.75) is 31.1 Å². The topological polar surface area (TPSA) is 171 Å². The van der Waals surface area contributed by atoms with E-state index in [9.17, 15) is 34.8 Å². The first-order valence-electron chi connectivity index (χ1n) is 10.4. The fourth-order valence-corrected chi connectivity index (χ4v) is 5.60. The van der Waals surface area contributed by atoms with Crippen molar-refractivity contribution in [3.05, 3.63) is 45.7 Å². The number of nitrogens with zero attached hydrogens (tertiary/aromatic N) is 1. The van der Waals surface area contributed by atoms with Crippen LogP contribution in [0.3, 0.4) is 0 Å². The number of carbonyl (C=O) groups excluding carboxylic acids is 3. The molecular weight excluding hydrogens is 432 g/mol. The third-order valence-electron chi connectivity index (χ3n) is 7.00. The van der Waals surface area contributed by atoms with E-state index in [1.807, 2.05) is 0 Å². The summed E-state index contributed by atoms with van der Waals surface area (Å²) in [5, 5.41) is 43.8. The van der Waals surface area contributed by atoms with Gasteiger partial charge in [-0.1, -0.05) is 6.07 Å². The average molecular weight is 458 g/mol. The van der Waals surface area contributed by atoms with Crippen LogP contribution in [0.2, 0.25) is 0 Å². The Morgan fingerprint density at radius 1 is 1.24 bits per heavy atom. The van der Waals surface area contributed by atoms with Gasteiger partial charge in [0.2, 0.25) is 5.78 Å². The number of Topliss-reactive ketones (excluding diaryl/α,β-unsaturated/α-hetero) is 2. The van der Waals surface area contributed by atoms with E-state index in [2.05, 4.69) is 0 Å². The molecule has 1 aromatic rings. The van der Waals surface area contributed by atoms with Crippen LogP contribution < -0.4 is 5.73 Å². The molecule has 4 atom stereocenters. The van der Waals surface area contributed by atoms with Gasteiger partial charge in [-0.3, -0.25) is 19.3 Å². The molecule has 3 aliphatic carbocycles. The molecule has 3 aliphatic rings. The van der Waals surface area contributed by atoms with E-state index in [0.717, 1.165) is 0 Å². The molecule has 0 bridgehead atoms. The minimum Gasteiger partial charge on any atom is -0.508 e. The van der Waals surface area contributed by atoms with E-state index in [0.29, 0.717) is 11.1 Å². The number of amides is 1. The molecule has 1 amide bonds. The van der Waals surface area contributed by atoms with Gasteiger partial charge < -0.3 is 30.9 Å². The van der Waals surface area contributed by atoms with Gasteiger partial charge in [-0.15, -0.1) is 0 Å². The van der Waals surface area contributed by atoms with Crippen molar-refractivity contribution in [2.75, 3.05) is 21.2 Å². The van der Waals surface area contributed by atoms with Crippen LogP contribution in [0, 0.1) is 11.8 Å². The number of phenolic OH excluding ortho intramolecular Hbond substituents is 1. The summed E-state index contributed by atoms with van der Waals surface area (Å²) in [6.45, 7) is 0.212. The van der Waals surface area contributed by atoms with Crippen LogP contribution in [-0.2, 0) is 32.1 Å². The molecular formula is C23H26N2O8. The van der Waals surface area contributed by atoms with Gasteiger partial charge in [0.15, 0.2) is 11.4 Å². The number of aliphatic hydroxyl groups is 3. The summed E-state index contributed by atoms with van der Waals surface area (Å²) >= 11 is 0. The van der Waals surface area contributed by atoms with Crippen molar-refractivity contribution in [3.8, 4) is 5.75 Å². The number of nitrogens with two attached hydrogens (primary N) is 1. The number of aromatic hydroxyl groups is 1. The number of ether oxygens (including phenoxy) is 1. The molecule has 33 heavy (non-hydrogen) atoms. The molecule has 1 aromatic carbocycles. The van der Waals surface area contributed by atoms with Gasteiger partial charge in [0.05, 0.1) is 18.2 Å². The highest BCUT2D eigenvalue weighted by Gasteiger charge is 2.64. The first kappa shape index (κ1) is 23.0. The first-order chi connectivity index (χ1) is 15.5. The fourth-order valence-electron chi connectivity index (χ4n) is 5.60. The number of carbonyl (C=O) groups is 3. The van der Waals surface area contributed by atoms with Crippen LogP contribution in [0.1, 0.15) is 23.1 Å². The number of fused-ring (bicyclic) bond motifs is 3. The number of likely N-dealkylation sites (N-methyl/N-ethyl adjacent to an activating group) is 1. The third kappa shape index (κ3) is 3.01. The zero-order chi connectivity index (χ0) is 24.4. The quantitative estimate of drug-likeness (QED) is 0.393. The van der Waals surface area contributed by atoms with Gasteiger partial charge in [0, 0.05) is 18.6 Å². The molecule has 0 saturated heterocycles. The van der Waals surface area contributed by atoms with Gasteiger partial charge in [-0.25, -0.2) is 0 Å². The molecule has 10 heteroatoms. The van der Waals surface area contributed by atoms with Gasteiger partial charge >= 0.3 is 0 Å². The molecule has 1 unspecified atom stereocenters. The normalized spacial score (nSPS) is 29.2. The van der Waals surface area contributed by atoms with Crippen LogP contribution in [0.4, 0.5) is 0 Å². The summed E-state index contributed by atoms with van der Waals surface area (Å²) in [5.41, 5.74) is 3.03. The molecule has 1 fully saturated rings. The Morgan fingerprint density at radius 2 is 1.91 bits per heavy atom. The molecule has 0 radical (unpaired) electrons. The Hall–Kier alpha value is -3.21. The maximum atomic E-state index is 13.7. The lowest BCUT2D eigenvalue weighted by Crippen LogP contribution is -2.65. The van der Waals surface area contributed by atoms with E-state index in [-0.39, 0.29) is 36.3 Å². The zero-order valence-corrected chi connectivity index (χ0v) is 18.5. The molecule has 6 N–H and O–H groups in total. The molecule has 176 valence electrons. The number of hydrogen-bond donors (Lipinski definition) is 5. The van der Waals surface area contributed by atoms with Crippen molar-refractivity contribution >= 4 is 23.2 Å². The summed E-state index contributed by atoms with van der Waals surface area (Å²) < 4.78 is 5.22. The largest absolute Gasteiger partial charge is 0.508 e. The molecule has 0 aromatic heterocycles. The van der Waals surface area contributed by atoms with Gasteiger partial charge in [0.1, 0.15) is 22.8 Å². The highest BCUT2D eigenvalue weighted by Crippen LogP contribution is 2.52. The van der Waals surface area contributed by atoms with Crippen molar-refractivity contribution in [1.29, 1.82) is 0 Å². The smallest absolute Gasteiger partial charge is 0.255 e. The summed E-state index contributed by atoms with van der Waals surface area (Å²) in [4.78, 5) is 40.1. The predicted octanol–water partition coefficient (Wildman–Crippen LogP) is 0.110. The minimum absolute atomic E-state index is 0.0494. The lowest BCUT2D eigenvalue weighted by Gasteiger charge is -2.50. The van der Waals surface area contributed by atoms with Gasteiger partial charge in [-0.2, -0.15) is 0 Å². The molecule has 0 heterocycles. The number of ketones is 2. The van der Waals surface area contributed by atoms with Crippen molar-refractivity contribution in [1.82, 2.24) is 4.90 Å². The number of aliphatic hydroxyl groups excluding tert-OH is 2. The van der Waals surface area contributed by atoms with Crippen LogP contribution >= 0.6 is 0 Å². The second-order valence-corrected chi connectivity index (χ2v) is 8.99.